The highest BCUT2D eigenvalue weighted by Gasteiger charge is 2.44. The first-order valence-corrected chi connectivity index (χ1v) is 12.5. The molecule has 1 saturated heterocycles. The average Bonchev–Trinajstić information content (AvgIpc) is 3.19. The summed E-state index contributed by atoms with van der Waals surface area (Å²) in [4.78, 5) is -1.15. The topological polar surface area (TPSA) is 150 Å². The first kappa shape index (κ1) is 31.4. The maximum atomic E-state index is 13.4. The minimum Gasteiger partial charge on any atom is -0.388 e. The minimum atomic E-state index is -5.37. The van der Waals surface area contributed by atoms with Crippen LogP contribution in [0.3, 0.4) is 0 Å². The van der Waals surface area contributed by atoms with Crippen molar-refractivity contribution in [1.29, 1.82) is 5.26 Å². The number of alkyl halides is 6. The number of nitriles is 1. The lowest BCUT2D eigenvalue weighted by atomic mass is 10.0. The number of hydrogen-bond donors (Lipinski definition) is 4. The summed E-state index contributed by atoms with van der Waals surface area (Å²) in [5.41, 5.74) is -8.18. The Morgan fingerprint density at radius 3 is 2.26 bits per heavy atom. The Hall–Kier alpha value is -2.17. The van der Waals surface area contributed by atoms with Gasteiger partial charge < -0.3 is 30.1 Å². The molecule has 3 rings (SSSR count). The molecule has 0 radical (unpaired) electrons. The molecule has 6 atom stereocenters. The van der Waals surface area contributed by atoms with E-state index in [-0.39, 0.29) is 0 Å². The number of halogens is 8. The van der Waals surface area contributed by atoms with E-state index >= 15 is 0 Å². The van der Waals surface area contributed by atoms with Crippen molar-refractivity contribution >= 4 is 39.8 Å². The summed E-state index contributed by atoms with van der Waals surface area (Å²) < 4.78 is 103. The number of aromatic nitrogens is 2. The number of aliphatic hydroxyl groups excluding tert-OH is 3. The van der Waals surface area contributed by atoms with Crippen molar-refractivity contribution in [2.75, 3.05) is 18.5 Å². The van der Waals surface area contributed by atoms with Gasteiger partial charge >= 0.3 is 11.7 Å². The van der Waals surface area contributed by atoms with Crippen LogP contribution in [-0.4, -0.2) is 78.7 Å². The summed E-state index contributed by atoms with van der Waals surface area (Å²) in [6.07, 6.45) is -12.0. The van der Waals surface area contributed by atoms with Gasteiger partial charge in [-0.1, -0.05) is 23.2 Å². The molecule has 1 aromatic carbocycles. The quantitative estimate of drug-likeness (QED) is 0.269. The Kier molecular flexibility index (Phi) is 9.45. The van der Waals surface area contributed by atoms with Gasteiger partial charge in [-0.05, 0) is 19.1 Å². The molecular weight excluding hydrogens is 609 g/mol. The van der Waals surface area contributed by atoms with E-state index in [1.165, 1.54) is 13.0 Å². The normalized spacial score (nSPS) is 24.8. The highest BCUT2D eigenvalue weighted by atomic mass is 35.5. The summed E-state index contributed by atoms with van der Waals surface area (Å²) in [5, 5.41) is 43.6. The zero-order chi connectivity index (χ0) is 29.4. The number of ether oxygens (including phenoxy) is 2. The molecule has 39 heavy (non-hydrogen) atoms. The molecule has 1 aliphatic heterocycles. The molecule has 0 bridgehead atoms. The van der Waals surface area contributed by atoms with Crippen LogP contribution < -0.4 is 5.32 Å². The molecule has 216 valence electrons. The predicted molar refractivity (Wildman–Crippen MR) is 123 cm³/mol. The maximum absolute atomic E-state index is 13.4. The zero-order valence-electron chi connectivity index (χ0n) is 19.3. The van der Waals surface area contributed by atoms with E-state index in [9.17, 15) is 51.1 Å². The van der Waals surface area contributed by atoms with Crippen LogP contribution in [0.4, 0.5) is 32.2 Å². The van der Waals surface area contributed by atoms with Crippen molar-refractivity contribution in [2.24, 2.45) is 0 Å². The highest BCUT2D eigenvalue weighted by Crippen LogP contribution is 2.41. The fourth-order valence-corrected chi connectivity index (χ4v) is 4.99. The molecule has 0 amide bonds. The number of benzene rings is 1. The van der Waals surface area contributed by atoms with E-state index in [1.54, 1.807) is 0 Å². The molecule has 1 aliphatic rings. The smallest absolute Gasteiger partial charge is 0.388 e. The van der Waals surface area contributed by atoms with Gasteiger partial charge in [0.2, 0.25) is 0 Å². The Bertz CT molecular complexity index is 1260. The van der Waals surface area contributed by atoms with Gasteiger partial charge in [0.1, 0.15) is 40.8 Å². The van der Waals surface area contributed by atoms with Gasteiger partial charge in [-0.3, -0.25) is 0 Å². The molecule has 2 heterocycles. The van der Waals surface area contributed by atoms with Crippen LogP contribution in [0.2, 0.25) is 10.0 Å². The first-order chi connectivity index (χ1) is 18.0. The van der Waals surface area contributed by atoms with Gasteiger partial charge in [0, 0.05) is 6.54 Å². The van der Waals surface area contributed by atoms with Crippen LogP contribution in [0.15, 0.2) is 17.0 Å². The lowest BCUT2D eigenvalue weighted by molar-refractivity contribution is -0.292. The molecule has 4 N–H and O–H groups in total. The number of anilines is 1. The van der Waals surface area contributed by atoms with E-state index in [0.717, 1.165) is 0 Å². The van der Waals surface area contributed by atoms with Crippen LogP contribution in [0.1, 0.15) is 18.2 Å². The predicted octanol–water partition coefficient (Wildman–Crippen LogP) is 2.95. The van der Waals surface area contributed by atoms with E-state index in [1.807, 2.05) is 0 Å². The third-order valence-corrected chi connectivity index (χ3v) is 7.14. The molecular formula is C20H18Cl2F6N4O6S. The number of nitrogens with zero attached hydrogens (tertiary/aromatic N) is 3. The van der Waals surface area contributed by atoms with Gasteiger partial charge in [0.15, 0.2) is 22.8 Å². The standard InChI is InChI=1S/C20H18Cl2F6N4O6S/c1-7-13(33)14(34)15(35)18(38-7)37-3-2-30-17-16(39(36)20(26,27)28)11(6-29)31-32(17)12-9(21)4-8(5-10(12)22)19(23,24)25/h4-5,7,13-15,18,30,33-35H,2-3H2,1H3/t7-,13-,14+,15-,18-,39?/m1/s1. The second-order valence-corrected chi connectivity index (χ2v) is 10.3. The summed E-state index contributed by atoms with van der Waals surface area (Å²) in [5.74, 6) is -0.747. The van der Waals surface area contributed by atoms with Crippen molar-refractivity contribution in [3.63, 3.8) is 0 Å². The highest BCUT2D eigenvalue weighted by molar-refractivity contribution is 7.86. The van der Waals surface area contributed by atoms with Gasteiger partial charge in [-0.15, -0.1) is 0 Å². The van der Waals surface area contributed by atoms with Crippen molar-refractivity contribution in [2.45, 2.75) is 54.2 Å². The van der Waals surface area contributed by atoms with E-state index in [0.29, 0.717) is 16.8 Å². The van der Waals surface area contributed by atoms with Gasteiger partial charge in [-0.25, -0.2) is 8.89 Å². The Morgan fingerprint density at radius 2 is 1.74 bits per heavy atom. The second-order valence-electron chi connectivity index (χ2n) is 8.03. The summed E-state index contributed by atoms with van der Waals surface area (Å²) in [6, 6.07) is 2.22. The monoisotopic (exact) mass is 626 g/mol. The maximum Gasteiger partial charge on any atom is 0.476 e. The van der Waals surface area contributed by atoms with Gasteiger partial charge in [0.05, 0.1) is 28.3 Å². The molecule has 1 aromatic heterocycles. The fraction of sp³-hybridized carbons (Fsp3) is 0.500. The molecule has 10 nitrogen and oxygen atoms in total. The van der Waals surface area contributed by atoms with Crippen LogP contribution in [-0.2, 0) is 26.4 Å². The number of hydrogen-bond acceptors (Lipinski definition) is 9. The minimum absolute atomic E-state index is 0.436. The Balaban J connectivity index is 1.99. The third kappa shape index (κ3) is 6.60. The molecule has 1 fully saturated rings. The lowest BCUT2D eigenvalue weighted by Gasteiger charge is -2.38. The summed E-state index contributed by atoms with van der Waals surface area (Å²) >= 11 is 11.9. The summed E-state index contributed by atoms with van der Waals surface area (Å²) in [7, 11) is -3.84. The number of nitrogens with one attached hydrogen (secondary N) is 1. The van der Waals surface area contributed by atoms with E-state index in [4.69, 9.17) is 32.7 Å². The Morgan fingerprint density at radius 1 is 1.15 bits per heavy atom. The third-order valence-electron chi connectivity index (χ3n) is 5.38. The number of rotatable bonds is 7. The molecule has 0 spiro atoms. The molecule has 0 saturated carbocycles. The van der Waals surface area contributed by atoms with Crippen LogP contribution >= 0.6 is 23.2 Å². The second kappa shape index (κ2) is 11.7. The Labute approximate surface area is 228 Å². The zero-order valence-corrected chi connectivity index (χ0v) is 21.6. The van der Waals surface area contributed by atoms with Gasteiger partial charge in [0.25, 0.3) is 0 Å². The van der Waals surface area contributed by atoms with Crippen molar-refractivity contribution in [1.82, 2.24) is 9.78 Å². The van der Waals surface area contributed by atoms with Crippen molar-refractivity contribution < 1.29 is 55.3 Å². The molecule has 0 aliphatic carbocycles. The van der Waals surface area contributed by atoms with E-state index in [2.05, 4.69) is 10.4 Å². The fourth-order valence-electron chi connectivity index (χ4n) is 3.51. The van der Waals surface area contributed by atoms with Crippen LogP contribution in [0, 0.1) is 11.3 Å². The SMILES string of the molecule is C[C@H]1O[C@@H](OCCNc2c(S(=O)C(F)(F)F)c(C#N)nn2-c2c(Cl)cc(C(F)(F)F)cc2Cl)[C@H](O)[C@@H](O)[C@@H]1O. The molecule has 19 heteroatoms. The van der Waals surface area contributed by atoms with Crippen LogP contribution in [0.5, 0.6) is 0 Å². The molecule has 2 aromatic rings. The average molecular weight is 627 g/mol. The van der Waals surface area contributed by atoms with Crippen molar-refractivity contribution in [3.05, 3.63) is 33.4 Å². The lowest BCUT2D eigenvalue weighted by Crippen LogP contribution is -2.57. The van der Waals surface area contributed by atoms with Crippen molar-refractivity contribution in [3.8, 4) is 11.8 Å². The van der Waals surface area contributed by atoms with Gasteiger partial charge in [-0.2, -0.15) is 36.7 Å². The van der Waals surface area contributed by atoms with Crippen LogP contribution in [0.25, 0.3) is 5.69 Å². The largest absolute Gasteiger partial charge is 0.476 e. The first-order valence-electron chi connectivity index (χ1n) is 10.6. The summed E-state index contributed by atoms with van der Waals surface area (Å²) in [6.45, 7) is 0.498. The van der Waals surface area contributed by atoms with E-state index < -0.39 is 104 Å². The molecule has 1 unspecified atom stereocenters. The number of aliphatic hydroxyl groups is 3.